The van der Waals surface area contributed by atoms with Crippen molar-refractivity contribution in [2.24, 2.45) is 5.92 Å². The highest BCUT2D eigenvalue weighted by atomic mass is 16.3. The van der Waals surface area contributed by atoms with Gasteiger partial charge in [-0.25, -0.2) is 0 Å². The Balaban J connectivity index is 2.01. The lowest BCUT2D eigenvalue weighted by atomic mass is 9.93. The molecule has 1 aromatic rings. The summed E-state index contributed by atoms with van der Waals surface area (Å²) in [5.74, 6) is -0.296. The smallest absolute Gasteiger partial charge is 0.0929 e. The lowest BCUT2D eigenvalue weighted by Gasteiger charge is -2.38. The molecule has 0 spiro atoms. The highest BCUT2D eigenvalue weighted by Gasteiger charge is 2.33. The number of aliphatic hydroxyl groups excluding tert-OH is 3. The van der Waals surface area contributed by atoms with Crippen LogP contribution in [-0.2, 0) is 6.54 Å². The number of aliphatic hydroxyl groups is 3. The Kier molecular flexibility index (Phi) is 4.19. The molecule has 1 aromatic carbocycles. The van der Waals surface area contributed by atoms with E-state index in [0.29, 0.717) is 25.3 Å². The molecule has 0 aromatic heterocycles. The first kappa shape index (κ1) is 13.3. The fraction of sp³-hybridized carbons (Fsp3) is 0.538. The third-order valence-electron chi connectivity index (χ3n) is 3.41. The maximum atomic E-state index is 9.75. The molecule has 0 amide bonds. The van der Waals surface area contributed by atoms with Crippen molar-refractivity contribution in [3.05, 3.63) is 29.8 Å². The first-order valence-electron chi connectivity index (χ1n) is 6.14. The van der Waals surface area contributed by atoms with Crippen LogP contribution in [0.25, 0.3) is 0 Å². The number of anilines is 1. The van der Waals surface area contributed by atoms with Crippen LogP contribution in [0.1, 0.15) is 5.56 Å². The van der Waals surface area contributed by atoms with E-state index in [1.165, 1.54) is 0 Å². The molecule has 0 aliphatic carbocycles. The van der Waals surface area contributed by atoms with Crippen molar-refractivity contribution in [2.45, 2.75) is 18.8 Å². The normalized spacial score (nSPS) is 29.4. The quantitative estimate of drug-likeness (QED) is 0.540. The zero-order valence-corrected chi connectivity index (χ0v) is 10.2. The van der Waals surface area contributed by atoms with Crippen molar-refractivity contribution in [1.82, 2.24) is 4.90 Å². The third kappa shape index (κ3) is 3.00. The summed E-state index contributed by atoms with van der Waals surface area (Å²) in [5.41, 5.74) is 7.50. The maximum absolute atomic E-state index is 9.75. The molecule has 5 heteroatoms. The molecule has 1 heterocycles. The van der Waals surface area contributed by atoms with Crippen molar-refractivity contribution < 1.29 is 15.3 Å². The van der Waals surface area contributed by atoms with Gasteiger partial charge >= 0.3 is 0 Å². The van der Waals surface area contributed by atoms with Gasteiger partial charge in [0.1, 0.15) is 0 Å². The summed E-state index contributed by atoms with van der Waals surface area (Å²) in [5, 5.41) is 28.7. The van der Waals surface area contributed by atoms with Gasteiger partial charge in [0.05, 0.1) is 12.2 Å². The van der Waals surface area contributed by atoms with Crippen LogP contribution in [0.15, 0.2) is 24.3 Å². The van der Waals surface area contributed by atoms with Gasteiger partial charge < -0.3 is 21.1 Å². The second-order valence-corrected chi connectivity index (χ2v) is 4.94. The highest BCUT2D eigenvalue weighted by Crippen LogP contribution is 2.20. The lowest BCUT2D eigenvalue weighted by Crippen LogP contribution is -2.53. The van der Waals surface area contributed by atoms with Gasteiger partial charge in [-0.15, -0.1) is 0 Å². The van der Waals surface area contributed by atoms with E-state index in [2.05, 4.69) is 0 Å². The fourth-order valence-electron chi connectivity index (χ4n) is 2.45. The van der Waals surface area contributed by atoms with Gasteiger partial charge in [-0.3, -0.25) is 4.90 Å². The molecule has 1 saturated heterocycles. The number of piperidine rings is 1. The molecule has 1 fully saturated rings. The molecule has 3 atom stereocenters. The molecule has 0 radical (unpaired) electrons. The van der Waals surface area contributed by atoms with Crippen molar-refractivity contribution >= 4 is 5.69 Å². The molecule has 1 aliphatic rings. The van der Waals surface area contributed by atoms with Gasteiger partial charge in [-0.2, -0.15) is 0 Å². The molecule has 0 saturated carbocycles. The minimum absolute atomic E-state index is 0.119. The predicted molar refractivity (Wildman–Crippen MR) is 68.7 cm³/mol. The molecule has 18 heavy (non-hydrogen) atoms. The van der Waals surface area contributed by atoms with E-state index in [1.54, 1.807) is 0 Å². The van der Waals surface area contributed by atoms with Crippen LogP contribution in [0, 0.1) is 5.92 Å². The first-order chi connectivity index (χ1) is 8.60. The van der Waals surface area contributed by atoms with Crippen LogP contribution in [0.3, 0.4) is 0 Å². The van der Waals surface area contributed by atoms with Gasteiger partial charge in [0.2, 0.25) is 0 Å². The fourth-order valence-corrected chi connectivity index (χ4v) is 2.45. The SMILES string of the molecule is Nc1cccc(CN2CC(O)C(O)C(CO)C2)c1. The van der Waals surface area contributed by atoms with Gasteiger partial charge in [-0.05, 0) is 17.7 Å². The lowest BCUT2D eigenvalue weighted by molar-refractivity contribution is -0.0879. The van der Waals surface area contributed by atoms with E-state index in [4.69, 9.17) is 5.73 Å². The van der Waals surface area contributed by atoms with E-state index in [0.717, 1.165) is 5.56 Å². The number of benzene rings is 1. The van der Waals surface area contributed by atoms with Gasteiger partial charge in [0.25, 0.3) is 0 Å². The van der Waals surface area contributed by atoms with Crippen LogP contribution in [0.5, 0.6) is 0 Å². The first-order valence-corrected chi connectivity index (χ1v) is 6.14. The molecule has 5 N–H and O–H groups in total. The van der Waals surface area contributed by atoms with Crippen LogP contribution < -0.4 is 5.73 Å². The Morgan fingerprint density at radius 2 is 2.06 bits per heavy atom. The van der Waals surface area contributed by atoms with Crippen LogP contribution >= 0.6 is 0 Å². The molecule has 1 aliphatic heterocycles. The molecular formula is C13H20N2O3. The number of likely N-dealkylation sites (tertiary alicyclic amines) is 1. The van der Waals surface area contributed by atoms with Crippen molar-refractivity contribution in [1.29, 1.82) is 0 Å². The molecule has 0 bridgehead atoms. The second-order valence-electron chi connectivity index (χ2n) is 4.94. The number of nitrogen functional groups attached to an aromatic ring is 1. The summed E-state index contributed by atoms with van der Waals surface area (Å²) < 4.78 is 0. The summed E-state index contributed by atoms with van der Waals surface area (Å²) >= 11 is 0. The summed E-state index contributed by atoms with van der Waals surface area (Å²) in [4.78, 5) is 2.02. The number of nitrogens with two attached hydrogens (primary N) is 1. The van der Waals surface area contributed by atoms with E-state index in [1.807, 2.05) is 29.2 Å². The maximum Gasteiger partial charge on any atom is 0.0929 e. The Bertz CT molecular complexity index is 400. The van der Waals surface area contributed by atoms with E-state index < -0.39 is 12.2 Å². The van der Waals surface area contributed by atoms with Crippen LogP contribution in [0.4, 0.5) is 5.69 Å². The minimum Gasteiger partial charge on any atom is -0.399 e. The van der Waals surface area contributed by atoms with Crippen molar-refractivity contribution in [3.8, 4) is 0 Å². The van der Waals surface area contributed by atoms with Gasteiger partial charge in [0.15, 0.2) is 0 Å². The molecule has 3 unspecified atom stereocenters. The predicted octanol–water partition coefficient (Wildman–Crippen LogP) is -0.585. The number of β-amino-alcohol motifs (C(OH)–C–C–N with tert-alkyl or cyclic N) is 1. The summed E-state index contributed by atoms with van der Waals surface area (Å²) in [6, 6.07) is 7.59. The van der Waals surface area contributed by atoms with Gasteiger partial charge in [-0.1, -0.05) is 12.1 Å². The topological polar surface area (TPSA) is 90.0 Å². The van der Waals surface area contributed by atoms with Crippen molar-refractivity contribution in [3.63, 3.8) is 0 Å². The van der Waals surface area contributed by atoms with E-state index >= 15 is 0 Å². The number of hydrogen-bond donors (Lipinski definition) is 4. The Labute approximate surface area is 106 Å². The monoisotopic (exact) mass is 252 g/mol. The van der Waals surface area contributed by atoms with E-state index in [9.17, 15) is 15.3 Å². The zero-order valence-electron chi connectivity index (χ0n) is 10.2. The molecule has 5 nitrogen and oxygen atoms in total. The number of hydrogen-bond acceptors (Lipinski definition) is 5. The van der Waals surface area contributed by atoms with Gasteiger partial charge in [0, 0.05) is 37.8 Å². The number of nitrogens with zero attached hydrogens (tertiary/aromatic N) is 1. The Morgan fingerprint density at radius 3 is 2.72 bits per heavy atom. The standard InChI is InChI=1S/C13H20N2O3/c14-11-3-1-2-9(4-11)5-15-6-10(8-16)13(18)12(17)7-15/h1-4,10,12-13,16-18H,5-8,14H2. The largest absolute Gasteiger partial charge is 0.399 e. The average Bonchev–Trinajstić information content (AvgIpc) is 2.33. The van der Waals surface area contributed by atoms with E-state index in [-0.39, 0.29) is 12.5 Å². The summed E-state index contributed by atoms with van der Waals surface area (Å²) in [6.07, 6.45) is -1.65. The second kappa shape index (κ2) is 5.67. The third-order valence-corrected chi connectivity index (χ3v) is 3.41. The average molecular weight is 252 g/mol. The minimum atomic E-state index is -0.841. The summed E-state index contributed by atoms with van der Waals surface area (Å²) in [6.45, 7) is 1.52. The Hall–Kier alpha value is -1.14. The molecular weight excluding hydrogens is 232 g/mol. The van der Waals surface area contributed by atoms with Crippen LogP contribution in [-0.4, -0.2) is 52.1 Å². The zero-order chi connectivity index (χ0) is 13.1. The number of rotatable bonds is 3. The van der Waals surface area contributed by atoms with Crippen LogP contribution in [0.2, 0.25) is 0 Å². The highest BCUT2D eigenvalue weighted by molar-refractivity contribution is 5.40. The van der Waals surface area contributed by atoms with Crippen molar-refractivity contribution in [2.75, 3.05) is 25.4 Å². The molecule has 100 valence electrons. The Morgan fingerprint density at radius 1 is 1.28 bits per heavy atom. The summed E-state index contributed by atoms with van der Waals surface area (Å²) in [7, 11) is 0. The molecule has 2 rings (SSSR count).